The van der Waals surface area contributed by atoms with Crippen LogP contribution < -0.4 is 5.73 Å². The Kier molecular flexibility index (Phi) is 2.69. The molecular weight excluding hydrogens is 220 g/mol. The molecular formula is C12H20N2O3. The minimum Gasteiger partial charge on any atom is -0.466 e. The van der Waals surface area contributed by atoms with E-state index in [9.17, 15) is 4.79 Å². The highest BCUT2D eigenvalue weighted by atomic mass is 16.7. The summed E-state index contributed by atoms with van der Waals surface area (Å²) in [6.45, 7) is 6.19. The Morgan fingerprint density at radius 3 is 2.76 bits per heavy atom. The maximum Gasteiger partial charge on any atom is 0.353 e. The van der Waals surface area contributed by atoms with Gasteiger partial charge in [-0.15, -0.1) is 0 Å². The van der Waals surface area contributed by atoms with E-state index in [1.165, 1.54) is 7.11 Å². The summed E-state index contributed by atoms with van der Waals surface area (Å²) in [6, 6.07) is -0.0352. The third-order valence-electron chi connectivity index (χ3n) is 3.60. The third kappa shape index (κ3) is 1.73. The van der Waals surface area contributed by atoms with Gasteiger partial charge in [0.05, 0.1) is 18.7 Å². The number of nitrogens with zero attached hydrogens (tertiary/aromatic N) is 1. The number of hydrogen-bond acceptors (Lipinski definition) is 5. The van der Waals surface area contributed by atoms with E-state index in [1.54, 1.807) is 0 Å². The van der Waals surface area contributed by atoms with E-state index >= 15 is 0 Å². The fraction of sp³-hybridized carbons (Fsp3) is 0.833. The quantitative estimate of drug-likeness (QED) is 0.696. The van der Waals surface area contributed by atoms with E-state index in [2.05, 4.69) is 25.9 Å². The maximum absolute atomic E-state index is 12.0. The molecule has 96 valence electrons. The van der Waals surface area contributed by atoms with Crippen molar-refractivity contribution >= 4 is 11.7 Å². The van der Waals surface area contributed by atoms with Crippen LogP contribution in [0.3, 0.4) is 0 Å². The van der Waals surface area contributed by atoms with E-state index in [1.807, 2.05) is 0 Å². The van der Waals surface area contributed by atoms with Crippen LogP contribution in [0.5, 0.6) is 0 Å². The molecule has 0 aromatic rings. The van der Waals surface area contributed by atoms with Crippen LogP contribution in [0.1, 0.15) is 33.6 Å². The van der Waals surface area contributed by atoms with Crippen LogP contribution in [0.2, 0.25) is 0 Å². The van der Waals surface area contributed by atoms with Crippen molar-refractivity contribution in [2.45, 2.75) is 45.3 Å². The number of rotatable bonds is 1. The lowest BCUT2D eigenvalue weighted by Crippen LogP contribution is -2.45. The standard InChI is InChI=1S/C12H20N2O3/c1-11(2,3)9-8-5-7(13)6-12(8,17-14-9)10(15)16-4/h7-8H,5-6,13H2,1-4H3. The molecule has 0 bridgehead atoms. The first kappa shape index (κ1) is 12.4. The second kappa shape index (κ2) is 3.70. The van der Waals surface area contributed by atoms with Gasteiger partial charge in [-0.25, -0.2) is 4.79 Å². The van der Waals surface area contributed by atoms with Crippen molar-refractivity contribution < 1.29 is 14.4 Å². The molecule has 1 aliphatic carbocycles. The summed E-state index contributed by atoms with van der Waals surface area (Å²) in [5, 5.41) is 4.13. The average molecular weight is 240 g/mol. The highest BCUT2D eigenvalue weighted by Crippen LogP contribution is 2.47. The lowest BCUT2D eigenvalue weighted by atomic mass is 9.76. The molecule has 0 radical (unpaired) electrons. The summed E-state index contributed by atoms with van der Waals surface area (Å²) >= 11 is 0. The SMILES string of the molecule is COC(=O)C12CC(N)CC1C(C(C)(C)C)=NO2. The minimum atomic E-state index is -0.975. The molecule has 1 aliphatic heterocycles. The zero-order chi connectivity index (χ0) is 12.8. The number of ether oxygens (including phenoxy) is 1. The Morgan fingerprint density at radius 2 is 2.24 bits per heavy atom. The van der Waals surface area contributed by atoms with Gasteiger partial charge in [0.25, 0.3) is 0 Å². The summed E-state index contributed by atoms with van der Waals surface area (Å²) < 4.78 is 4.86. The van der Waals surface area contributed by atoms with Crippen molar-refractivity contribution in [2.75, 3.05) is 7.11 Å². The predicted molar refractivity (Wildman–Crippen MR) is 63.4 cm³/mol. The lowest BCUT2D eigenvalue weighted by molar-refractivity contribution is -0.168. The van der Waals surface area contributed by atoms with Crippen LogP contribution in [0.25, 0.3) is 0 Å². The molecule has 0 aromatic carbocycles. The van der Waals surface area contributed by atoms with Gasteiger partial charge in [0.1, 0.15) is 0 Å². The Morgan fingerprint density at radius 1 is 1.59 bits per heavy atom. The highest BCUT2D eigenvalue weighted by Gasteiger charge is 2.62. The van der Waals surface area contributed by atoms with Gasteiger partial charge < -0.3 is 15.3 Å². The van der Waals surface area contributed by atoms with E-state index in [4.69, 9.17) is 15.3 Å². The summed E-state index contributed by atoms with van der Waals surface area (Å²) in [5.74, 6) is -0.414. The molecule has 5 nitrogen and oxygen atoms in total. The summed E-state index contributed by atoms with van der Waals surface area (Å²) in [5.41, 5.74) is 5.78. The second-order valence-electron chi connectivity index (χ2n) is 5.95. The number of nitrogens with two attached hydrogens (primary N) is 1. The van der Waals surface area contributed by atoms with Gasteiger partial charge in [-0.3, -0.25) is 0 Å². The smallest absolute Gasteiger partial charge is 0.353 e. The average Bonchev–Trinajstić information content (AvgIpc) is 2.69. The van der Waals surface area contributed by atoms with Crippen LogP contribution >= 0.6 is 0 Å². The van der Waals surface area contributed by atoms with Crippen molar-refractivity contribution in [1.29, 1.82) is 0 Å². The largest absolute Gasteiger partial charge is 0.466 e. The number of carbonyl (C=O) groups excluding carboxylic acids is 1. The topological polar surface area (TPSA) is 73.9 Å². The number of hydrogen-bond donors (Lipinski definition) is 1. The Balaban J connectivity index is 2.35. The van der Waals surface area contributed by atoms with Gasteiger partial charge in [0, 0.05) is 17.9 Å². The van der Waals surface area contributed by atoms with Crippen molar-refractivity contribution in [2.24, 2.45) is 22.2 Å². The fourth-order valence-electron chi connectivity index (χ4n) is 2.83. The molecule has 2 rings (SSSR count). The van der Waals surface area contributed by atoms with Gasteiger partial charge in [0.2, 0.25) is 5.60 Å². The van der Waals surface area contributed by atoms with Crippen molar-refractivity contribution in [1.82, 2.24) is 0 Å². The molecule has 0 aromatic heterocycles. The van der Waals surface area contributed by atoms with Crippen LogP contribution in [-0.2, 0) is 14.4 Å². The van der Waals surface area contributed by atoms with Gasteiger partial charge >= 0.3 is 5.97 Å². The van der Waals surface area contributed by atoms with Gasteiger partial charge in [0.15, 0.2) is 0 Å². The summed E-state index contributed by atoms with van der Waals surface area (Å²) in [6.07, 6.45) is 1.21. The Labute approximate surface area is 101 Å². The van der Waals surface area contributed by atoms with E-state index < -0.39 is 5.60 Å². The zero-order valence-electron chi connectivity index (χ0n) is 10.8. The molecule has 0 saturated heterocycles. The predicted octanol–water partition coefficient (Wildman–Crippen LogP) is 1.07. The van der Waals surface area contributed by atoms with Gasteiger partial charge in [-0.1, -0.05) is 25.9 Å². The first-order valence-electron chi connectivity index (χ1n) is 5.92. The number of esters is 1. The molecule has 0 amide bonds. The number of oxime groups is 1. The normalized spacial score (nSPS) is 36.2. The molecule has 3 atom stereocenters. The highest BCUT2D eigenvalue weighted by molar-refractivity contribution is 5.99. The molecule has 1 fully saturated rings. The summed E-state index contributed by atoms with van der Waals surface area (Å²) in [7, 11) is 1.37. The van der Waals surface area contributed by atoms with Crippen LogP contribution in [0.4, 0.5) is 0 Å². The first-order chi connectivity index (χ1) is 7.81. The Bertz CT molecular complexity index is 372. The third-order valence-corrected chi connectivity index (χ3v) is 3.60. The molecule has 2 N–H and O–H groups in total. The van der Waals surface area contributed by atoms with Crippen molar-refractivity contribution in [3.63, 3.8) is 0 Å². The van der Waals surface area contributed by atoms with Crippen LogP contribution in [0.15, 0.2) is 5.16 Å². The maximum atomic E-state index is 12.0. The van der Waals surface area contributed by atoms with E-state index in [0.29, 0.717) is 6.42 Å². The van der Waals surface area contributed by atoms with Gasteiger partial charge in [-0.2, -0.15) is 0 Å². The lowest BCUT2D eigenvalue weighted by Gasteiger charge is -2.26. The second-order valence-corrected chi connectivity index (χ2v) is 5.95. The minimum absolute atomic E-state index is 0.0352. The van der Waals surface area contributed by atoms with Crippen LogP contribution in [-0.4, -0.2) is 30.4 Å². The monoisotopic (exact) mass is 240 g/mol. The molecule has 1 saturated carbocycles. The number of methoxy groups -OCH3 is 1. The van der Waals surface area contributed by atoms with E-state index in [0.717, 1.165) is 12.1 Å². The molecule has 0 spiro atoms. The summed E-state index contributed by atoms with van der Waals surface area (Å²) in [4.78, 5) is 17.4. The first-order valence-corrected chi connectivity index (χ1v) is 5.92. The molecule has 3 unspecified atom stereocenters. The molecule has 17 heavy (non-hydrogen) atoms. The van der Waals surface area contributed by atoms with Gasteiger partial charge in [-0.05, 0) is 6.42 Å². The van der Waals surface area contributed by atoms with Crippen molar-refractivity contribution in [3.05, 3.63) is 0 Å². The number of fused-ring (bicyclic) bond motifs is 1. The molecule has 1 heterocycles. The van der Waals surface area contributed by atoms with Crippen molar-refractivity contribution in [3.8, 4) is 0 Å². The Hall–Kier alpha value is -1.10. The molecule has 2 aliphatic rings. The molecule has 5 heteroatoms. The van der Waals surface area contributed by atoms with Crippen LogP contribution in [0, 0.1) is 11.3 Å². The fourth-order valence-corrected chi connectivity index (χ4v) is 2.83. The number of carbonyl (C=O) groups is 1. The zero-order valence-corrected chi connectivity index (χ0v) is 10.8. The van der Waals surface area contributed by atoms with E-state index in [-0.39, 0.29) is 23.3 Å².